The summed E-state index contributed by atoms with van der Waals surface area (Å²) in [5, 5.41) is 12.8. The minimum absolute atomic E-state index is 0.333. The Kier molecular flexibility index (Phi) is 5.39. The van der Waals surface area contributed by atoms with E-state index in [9.17, 15) is 0 Å². The lowest BCUT2D eigenvalue weighted by Crippen LogP contribution is -2.24. The molecule has 0 aliphatic carbocycles. The highest BCUT2D eigenvalue weighted by Crippen LogP contribution is 2.25. The summed E-state index contributed by atoms with van der Waals surface area (Å²) >= 11 is 17.1. The van der Waals surface area contributed by atoms with Gasteiger partial charge in [0.2, 0.25) is 0 Å². The van der Waals surface area contributed by atoms with Crippen LogP contribution in [0.5, 0.6) is 0 Å². The van der Waals surface area contributed by atoms with Gasteiger partial charge in [0.25, 0.3) is 0 Å². The number of nitrogens with zero attached hydrogens (tertiary/aromatic N) is 3. The summed E-state index contributed by atoms with van der Waals surface area (Å²) < 4.78 is 1.81. The van der Waals surface area contributed by atoms with Gasteiger partial charge in [-0.25, -0.2) is 0 Å². The zero-order valence-corrected chi connectivity index (χ0v) is 14.6. The first-order chi connectivity index (χ1) is 10.4. The summed E-state index contributed by atoms with van der Waals surface area (Å²) in [4.78, 5) is 0. The maximum absolute atomic E-state index is 6.06. The smallest absolute Gasteiger partial charge is 0.191 e. The highest BCUT2D eigenvalue weighted by molar-refractivity contribution is 7.80. The first-order valence-electron chi connectivity index (χ1n) is 6.44. The molecule has 2 rings (SSSR count). The predicted molar refractivity (Wildman–Crippen MR) is 96.1 cm³/mol. The second-order valence-electron chi connectivity index (χ2n) is 4.66. The van der Waals surface area contributed by atoms with Crippen LogP contribution >= 0.6 is 35.4 Å². The molecular formula is C14H15Cl2N5S. The van der Waals surface area contributed by atoms with Crippen molar-refractivity contribution in [2.75, 3.05) is 5.32 Å². The van der Waals surface area contributed by atoms with Crippen molar-refractivity contribution < 1.29 is 0 Å². The molecule has 0 amide bonds. The van der Waals surface area contributed by atoms with Crippen molar-refractivity contribution in [3.05, 3.63) is 45.2 Å². The summed E-state index contributed by atoms with van der Waals surface area (Å²) in [6.45, 7) is 3.91. The Morgan fingerprint density at radius 3 is 2.68 bits per heavy atom. The van der Waals surface area contributed by atoms with Crippen molar-refractivity contribution in [2.45, 2.75) is 13.8 Å². The monoisotopic (exact) mass is 355 g/mol. The number of halogens is 2. The van der Waals surface area contributed by atoms with Gasteiger partial charge in [0.05, 0.1) is 22.6 Å². The summed E-state index contributed by atoms with van der Waals surface area (Å²) in [5.41, 5.74) is 6.30. The topological polar surface area (TPSA) is 54.2 Å². The molecule has 0 spiro atoms. The van der Waals surface area contributed by atoms with Crippen LogP contribution in [0.25, 0.3) is 0 Å². The Bertz CT molecular complexity index is 739. The third-order valence-electron chi connectivity index (χ3n) is 3.10. The standard InChI is InChI=1S/C14H15Cl2N5S/c1-8-11(9(2)21(3)20-8)7-17-19-14(22)18-13-5-4-10(15)6-12(13)16/h4-7H,1-3H3,(H2,18,19,22)/b17-7-. The molecule has 5 nitrogen and oxygen atoms in total. The molecular weight excluding hydrogens is 341 g/mol. The van der Waals surface area contributed by atoms with Crippen LogP contribution < -0.4 is 10.7 Å². The fourth-order valence-corrected chi connectivity index (χ4v) is 2.49. The number of rotatable bonds is 3. The largest absolute Gasteiger partial charge is 0.330 e. The summed E-state index contributed by atoms with van der Waals surface area (Å²) in [7, 11) is 1.89. The number of anilines is 1. The van der Waals surface area contributed by atoms with E-state index in [0.29, 0.717) is 20.8 Å². The van der Waals surface area contributed by atoms with Crippen LogP contribution in [0.1, 0.15) is 17.0 Å². The van der Waals surface area contributed by atoms with Gasteiger partial charge in [-0.15, -0.1) is 0 Å². The van der Waals surface area contributed by atoms with E-state index in [1.807, 2.05) is 20.9 Å². The third-order valence-corrected chi connectivity index (χ3v) is 3.85. The molecule has 0 aliphatic heterocycles. The number of hydrazone groups is 1. The Morgan fingerprint density at radius 2 is 2.09 bits per heavy atom. The highest BCUT2D eigenvalue weighted by Gasteiger charge is 2.07. The predicted octanol–water partition coefficient (Wildman–Crippen LogP) is 3.66. The van der Waals surface area contributed by atoms with Crippen LogP contribution in [0.2, 0.25) is 10.0 Å². The lowest BCUT2D eigenvalue weighted by atomic mass is 10.2. The van der Waals surface area contributed by atoms with E-state index < -0.39 is 0 Å². The summed E-state index contributed by atoms with van der Waals surface area (Å²) in [5.74, 6) is 0. The molecule has 22 heavy (non-hydrogen) atoms. The molecule has 2 aromatic rings. The number of nitrogens with one attached hydrogen (secondary N) is 2. The van der Waals surface area contributed by atoms with Crippen molar-refractivity contribution >= 4 is 52.4 Å². The van der Waals surface area contributed by atoms with Crippen LogP contribution in [0.4, 0.5) is 5.69 Å². The van der Waals surface area contributed by atoms with E-state index in [0.717, 1.165) is 17.0 Å². The van der Waals surface area contributed by atoms with E-state index in [-0.39, 0.29) is 0 Å². The lowest BCUT2D eigenvalue weighted by Gasteiger charge is -2.08. The second kappa shape index (κ2) is 7.09. The maximum Gasteiger partial charge on any atom is 0.191 e. The van der Waals surface area contributed by atoms with Crippen molar-refractivity contribution in [3.63, 3.8) is 0 Å². The van der Waals surface area contributed by atoms with Gasteiger partial charge in [-0.05, 0) is 44.3 Å². The van der Waals surface area contributed by atoms with Gasteiger partial charge in [-0.3, -0.25) is 10.1 Å². The Morgan fingerprint density at radius 1 is 1.36 bits per heavy atom. The van der Waals surface area contributed by atoms with E-state index in [2.05, 4.69) is 20.9 Å². The van der Waals surface area contributed by atoms with Crippen molar-refractivity contribution in [2.24, 2.45) is 12.1 Å². The van der Waals surface area contributed by atoms with Crippen LogP contribution in [0.3, 0.4) is 0 Å². The molecule has 0 fully saturated rings. The number of thiocarbonyl (C=S) groups is 1. The molecule has 8 heteroatoms. The first kappa shape index (κ1) is 16.7. The van der Waals surface area contributed by atoms with Gasteiger partial charge >= 0.3 is 0 Å². The van der Waals surface area contributed by atoms with E-state index >= 15 is 0 Å². The molecule has 0 aliphatic rings. The average Bonchev–Trinajstić information content (AvgIpc) is 2.68. The van der Waals surface area contributed by atoms with Gasteiger partial charge in [0.15, 0.2) is 5.11 Å². The van der Waals surface area contributed by atoms with E-state index in [4.69, 9.17) is 35.4 Å². The average molecular weight is 356 g/mol. The molecule has 0 radical (unpaired) electrons. The molecule has 0 saturated heterocycles. The number of hydrogen-bond donors (Lipinski definition) is 2. The van der Waals surface area contributed by atoms with Gasteiger partial charge in [0.1, 0.15) is 0 Å². The minimum Gasteiger partial charge on any atom is -0.330 e. The maximum atomic E-state index is 6.06. The van der Waals surface area contributed by atoms with E-state index in [1.54, 1.807) is 29.1 Å². The Balaban J connectivity index is 1.99. The van der Waals surface area contributed by atoms with Crippen molar-refractivity contribution in [1.82, 2.24) is 15.2 Å². The third kappa shape index (κ3) is 3.97. The number of benzene rings is 1. The summed E-state index contributed by atoms with van der Waals surface area (Å²) in [6.07, 6.45) is 1.69. The quantitative estimate of drug-likeness (QED) is 0.501. The molecule has 0 unspecified atom stereocenters. The van der Waals surface area contributed by atoms with Crippen LogP contribution in [-0.2, 0) is 7.05 Å². The first-order valence-corrected chi connectivity index (χ1v) is 7.60. The molecule has 1 aromatic heterocycles. The SMILES string of the molecule is Cc1nn(C)c(C)c1/C=N\NC(=S)Nc1ccc(Cl)cc1Cl. The van der Waals surface area contributed by atoms with Gasteiger partial charge in [-0.1, -0.05) is 23.2 Å². The molecule has 116 valence electrons. The van der Waals surface area contributed by atoms with Gasteiger partial charge in [-0.2, -0.15) is 10.2 Å². The van der Waals surface area contributed by atoms with Crippen molar-refractivity contribution in [3.8, 4) is 0 Å². The molecule has 2 N–H and O–H groups in total. The normalized spacial score (nSPS) is 11.0. The highest BCUT2D eigenvalue weighted by atomic mass is 35.5. The fourth-order valence-electron chi connectivity index (χ4n) is 1.87. The molecule has 1 heterocycles. The molecule has 1 aromatic carbocycles. The Hall–Kier alpha value is -1.63. The van der Waals surface area contributed by atoms with Crippen LogP contribution in [0, 0.1) is 13.8 Å². The lowest BCUT2D eigenvalue weighted by molar-refractivity contribution is 0.731. The Labute approximate surface area is 144 Å². The second-order valence-corrected chi connectivity index (χ2v) is 5.91. The van der Waals surface area contributed by atoms with Crippen LogP contribution in [0.15, 0.2) is 23.3 Å². The zero-order valence-electron chi connectivity index (χ0n) is 12.3. The number of hydrogen-bond acceptors (Lipinski definition) is 3. The summed E-state index contributed by atoms with van der Waals surface area (Å²) in [6, 6.07) is 5.11. The fraction of sp³-hybridized carbons (Fsp3) is 0.214. The zero-order chi connectivity index (χ0) is 16.3. The van der Waals surface area contributed by atoms with Gasteiger partial charge < -0.3 is 5.32 Å². The number of aryl methyl sites for hydroxylation is 2. The number of aromatic nitrogens is 2. The van der Waals surface area contributed by atoms with Crippen molar-refractivity contribution in [1.29, 1.82) is 0 Å². The molecule has 0 bridgehead atoms. The molecule has 0 saturated carbocycles. The van der Waals surface area contributed by atoms with E-state index in [1.165, 1.54) is 0 Å². The van der Waals surface area contributed by atoms with Crippen LogP contribution in [-0.4, -0.2) is 21.1 Å². The minimum atomic E-state index is 0.333. The molecule has 0 atom stereocenters. The van der Waals surface area contributed by atoms with Gasteiger partial charge in [0, 0.05) is 23.3 Å².